The molecule has 5 nitrogen and oxygen atoms in total. The molecule has 1 unspecified atom stereocenters. The van der Waals surface area contributed by atoms with Crippen LogP contribution in [0.15, 0.2) is 34.9 Å². The summed E-state index contributed by atoms with van der Waals surface area (Å²) in [5.41, 5.74) is 1.000. The van der Waals surface area contributed by atoms with Gasteiger partial charge < -0.3 is 13.9 Å². The molecule has 0 saturated carbocycles. The van der Waals surface area contributed by atoms with Crippen molar-refractivity contribution in [3.05, 3.63) is 53.5 Å². The zero-order chi connectivity index (χ0) is 17.8. The van der Waals surface area contributed by atoms with Crippen LogP contribution in [0.3, 0.4) is 0 Å². The average Bonchev–Trinajstić information content (AvgIpc) is 3.13. The first-order valence-electron chi connectivity index (χ1n) is 9.37. The van der Waals surface area contributed by atoms with Gasteiger partial charge in [0.1, 0.15) is 17.7 Å². The van der Waals surface area contributed by atoms with Gasteiger partial charge in [0, 0.05) is 39.3 Å². The van der Waals surface area contributed by atoms with Crippen LogP contribution < -0.4 is 0 Å². The number of halogens is 1. The summed E-state index contributed by atoms with van der Waals surface area (Å²) in [5, 5.41) is 0. The molecule has 4 rings (SSSR count). The monoisotopic (exact) mass is 360 g/mol. The van der Waals surface area contributed by atoms with Crippen LogP contribution in [0.5, 0.6) is 0 Å². The SMILES string of the molecule is Fc1ccc(Cc2cnc(C3CN(CC4CCOCC4)CCO3)o2)cc1. The van der Waals surface area contributed by atoms with Gasteiger partial charge in [-0.25, -0.2) is 9.37 Å². The van der Waals surface area contributed by atoms with Gasteiger partial charge in [0.2, 0.25) is 5.89 Å². The Bertz CT molecular complexity index is 697. The predicted octanol–water partition coefficient (Wildman–Crippen LogP) is 3.20. The summed E-state index contributed by atoms with van der Waals surface area (Å²) in [6.45, 7) is 5.32. The minimum absolute atomic E-state index is 0.120. The Hall–Kier alpha value is -1.76. The highest BCUT2D eigenvalue weighted by atomic mass is 19.1. The number of hydrogen-bond donors (Lipinski definition) is 0. The van der Waals surface area contributed by atoms with Crippen molar-refractivity contribution < 1.29 is 18.3 Å². The lowest BCUT2D eigenvalue weighted by atomic mass is 9.99. The molecule has 0 N–H and O–H groups in total. The highest BCUT2D eigenvalue weighted by Gasteiger charge is 2.28. The van der Waals surface area contributed by atoms with Crippen molar-refractivity contribution in [3.8, 4) is 0 Å². The van der Waals surface area contributed by atoms with Crippen LogP contribution in [0.1, 0.15) is 36.2 Å². The van der Waals surface area contributed by atoms with E-state index in [2.05, 4.69) is 9.88 Å². The highest BCUT2D eigenvalue weighted by Crippen LogP contribution is 2.25. The Morgan fingerprint density at radius 3 is 2.73 bits per heavy atom. The summed E-state index contributed by atoms with van der Waals surface area (Å²) < 4.78 is 30.3. The number of nitrogens with zero attached hydrogens (tertiary/aromatic N) is 2. The normalized spacial score (nSPS) is 22.6. The summed E-state index contributed by atoms with van der Waals surface area (Å²) in [7, 11) is 0. The second kappa shape index (κ2) is 8.29. The molecular weight excluding hydrogens is 335 g/mol. The number of benzene rings is 1. The summed E-state index contributed by atoms with van der Waals surface area (Å²) in [4.78, 5) is 6.87. The summed E-state index contributed by atoms with van der Waals surface area (Å²) in [6.07, 6.45) is 4.52. The molecule has 1 aromatic heterocycles. The van der Waals surface area contributed by atoms with Crippen molar-refractivity contribution in [2.75, 3.05) is 39.5 Å². The molecule has 3 heterocycles. The Kier molecular flexibility index (Phi) is 5.62. The number of aromatic nitrogens is 1. The van der Waals surface area contributed by atoms with E-state index in [1.165, 1.54) is 12.1 Å². The number of oxazole rings is 1. The zero-order valence-corrected chi connectivity index (χ0v) is 14.9. The third kappa shape index (κ3) is 4.50. The smallest absolute Gasteiger partial charge is 0.224 e. The van der Waals surface area contributed by atoms with Crippen molar-refractivity contribution in [2.45, 2.75) is 25.4 Å². The van der Waals surface area contributed by atoms with Gasteiger partial charge in [-0.15, -0.1) is 0 Å². The molecule has 1 atom stereocenters. The molecule has 0 amide bonds. The van der Waals surface area contributed by atoms with E-state index in [0.717, 1.165) is 57.0 Å². The predicted molar refractivity (Wildman–Crippen MR) is 94.4 cm³/mol. The van der Waals surface area contributed by atoms with Gasteiger partial charge in [-0.3, -0.25) is 4.90 Å². The number of ether oxygens (including phenoxy) is 2. The Morgan fingerprint density at radius 2 is 1.92 bits per heavy atom. The molecule has 2 saturated heterocycles. The molecule has 6 heteroatoms. The molecule has 2 fully saturated rings. The van der Waals surface area contributed by atoms with Gasteiger partial charge in [-0.1, -0.05) is 12.1 Å². The minimum atomic E-state index is -0.229. The topological polar surface area (TPSA) is 47.7 Å². The quantitative estimate of drug-likeness (QED) is 0.819. The van der Waals surface area contributed by atoms with Crippen LogP contribution in [-0.2, 0) is 15.9 Å². The first-order valence-corrected chi connectivity index (χ1v) is 9.37. The van der Waals surface area contributed by atoms with Gasteiger partial charge in [0.25, 0.3) is 0 Å². The zero-order valence-electron chi connectivity index (χ0n) is 14.9. The maximum absolute atomic E-state index is 13.0. The lowest BCUT2D eigenvalue weighted by Gasteiger charge is -2.34. The summed E-state index contributed by atoms with van der Waals surface area (Å²) in [5.74, 6) is 1.89. The van der Waals surface area contributed by atoms with E-state index >= 15 is 0 Å². The molecule has 2 aliphatic rings. The summed E-state index contributed by atoms with van der Waals surface area (Å²) in [6, 6.07) is 6.46. The Labute approximate surface area is 153 Å². The second-order valence-electron chi connectivity index (χ2n) is 7.14. The third-order valence-electron chi connectivity index (χ3n) is 5.15. The Morgan fingerprint density at radius 1 is 1.12 bits per heavy atom. The molecule has 2 aliphatic heterocycles. The minimum Gasteiger partial charge on any atom is -0.442 e. The van der Waals surface area contributed by atoms with Crippen molar-refractivity contribution in [1.29, 1.82) is 0 Å². The van der Waals surface area contributed by atoms with Crippen molar-refractivity contribution >= 4 is 0 Å². The van der Waals surface area contributed by atoms with Crippen LogP contribution in [-0.4, -0.2) is 49.3 Å². The van der Waals surface area contributed by atoms with E-state index in [1.807, 2.05) is 0 Å². The standard InChI is InChI=1S/C20H25FN2O3/c21-17-3-1-15(2-4-17)11-18-12-22-20(26-18)19-14-23(7-10-25-19)13-16-5-8-24-9-6-16/h1-4,12,16,19H,5-11,13-14H2. The number of hydrogen-bond acceptors (Lipinski definition) is 5. The fourth-order valence-corrected chi connectivity index (χ4v) is 3.67. The van der Waals surface area contributed by atoms with Gasteiger partial charge in [-0.05, 0) is 36.5 Å². The van der Waals surface area contributed by atoms with E-state index < -0.39 is 0 Å². The van der Waals surface area contributed by atoms with E-state index in [4.69, 9.17) is 13.9 Å². The van der Waals surface area contributed by atoms with Crippen molar-refractivity contribution in [2.24, 2.45) is 5.92 Å². The maximum atomic E-state index is 13.0. The first kappa shape index (κ1) is 17.6. The molecule has 1 aromatic carbocycles. The second-order valence-corrected chi connectivity index (χ2v) is 7.14. The molecular formula is C20H25FN2O3. The van der Waals surface area contributed by atoms with Crippen LogP contribution >= 0.6 is 0 Å². The largest absolute Gasteiger partial charge is 0.442 e. The molecule has 2 aromatic rings. The molecule has 0 radical (unpaired) electrons. The molecule has 0 aliphatic carbocycles. The van der Waals surface area contributed by atoms with E-state index in [1.54, 1.807) is 18.3 Å². The lowest BCUT2D eigenvalue weighted by Crippen LogP contribution is -2.42. The van der Waals surface area contributed by atoms with E-state index in [0.29, 0.717) is 24.8 Å². The van der Waals surface area contributed by atoms with Gasteiger partial charge >= 0.3 is 0 Å². The fraction of sp³-hybridized carbons (Fsp3) is 0.550. The van der Waals surface area contributed by atoms with Crippen LogP contribution in [0, 0.1) is 11.7 Å². The number of rotatable bonds is 5. The van der Waals surface area contributed by atoms with Crippen molar-refractivity contribution in [1.82, 2.24) is 9.88 Å². The molecule has 140 valence electrons. The van der Waals surface area contributed by atoms with Gasteiger partial charge in [-0.2, -0.15) is 0 Å². The number of morpholine rings is 1. The van der Waals surface area contributed by atoms with Crippen molar-refractivity contribution in [3.63, 3.8) is 0 Å². The molecule has 26 heavy (non-hydrogen) atoms. The fourth-order valence-electron chi connectivity index (χ4n) is 3.67. The molecule has 0 bridgehead atoms. The van der Waals surface area contributed by atoms with Crippen LogP contribution in [0.4, 0.5) is 4.39 Å². The van der Waals surface area contributed by atoms with Gasteiger partial charge in [0.05, 0.1) is 12.8 Å². The maximum Gasteiger partial charge on any atom is 0.224 e. The van der Waals surface area contributed by atoms with E-state index in [-0.39, 0.29) is 11.9 Å². The highest BCUT2D eigenvalue weighted by molar-refractivity contribution is 5.20. The van der Waals surface area contributed by atoms with E-state index in [9.17, 15) is 4.39 Å². The Balaban J connectivity index is 1.34. The average molecular weight is 360 g/mol. The third-order valence-corrected chi connectivity index (χ3v) is 5.15. The molecule has 0 spiro atoms. The van der Waals surface area contributed by atoms with Gasteiger partial charge in [0.15, 0.2) is 0 Å². The van der Waals surface area contributed by atoms with Crippen LogP contribution in [0.2, 0.25) is 0 Å². The lowest BCUT2D eigenvalue weighted by molar-refractivity contribution is -0.0523. The summed E-state index contributed by atoms with van der Waals surface area (Å²) >= 11 is 0. The van der Waals surface area contributed by atoms with Crippen LogP contribution in [0.25, 0.3) is 0 Å². The first-order chi connectivity index (χ1) is 12.8.